The maximum Gasteiger partial charge on any atom is 0.263 e. The van der Waals surface area contributed by atoms with Crippen molar-refractivity contribution in [2.24, 2.45) is 0 Å². The summed E-state index contributed by atoms with van der Waals surface area (Å²) < 4.78 is 6.47. The van der Waals surface area contributed by atoms with Gasteiger partial charge in [-0.3, -0.25) is 4.79 Å². The smallest absolute Gasteiger partial charge is 0.263 e. The van der Waals surface area contributed by atoms with Gasteiger partial charge < -0.3 is 10.1 Å². The van der Waals surface area contributed by atoms with E-state index >= 15 is 0 Å². The van der Waals surface area contributed by atoms with Crippen LogP contribution in [0.1, 0.15) is 16.7 Å². The van der Waals surface area contributed by atoms with E-state index < -0.39 is 0 Å². The van der Waals surface area contributed by atoms with E-state index in [1.54, 1.807) is 12.3 Å². The van der Waals surface area contributed by atoms with Gasteiger partial charge in [0.25, 0.3) is 5.91 Å². The first kappa shape index (κ1) is 15.5. The molecule has 0 saturated heterocycles. The van der Waals surface area contributed by atoms with E-state index in [9.17, 15) is 4.79 Å². The number of amides is 1. The molecule has 1 amide bonds. The lowest BCUT2D eigenvalue weighted by Crippen LogP contribution is -2.21. The van der Waals surface area contributed by atoms with Gasteiger partial charge in [-0.15, -0.1) is 0 Å². The SMILES string of the molecule is Cc1cc(NC(=O)COc2cccc(C)c2C)ncc1Br. The highest BCUT2D eigenvalue weighted by Crippen LogP contribution is 2.20. The number of hydrogen-bond acceptors (Lipinski definition) is 3. The van der Waals surface area contributed by atoms with Crippen LogP contribution < -0.4 is 10.1 Å². The summed E-state index contributed by atoms with van der Waals surface area (Å²) in [4.78, 5) is 16.0. The van der Waals surface area contributed by atoms with E-state index in [-0.39, 0.29) is 12.5 Å². The van der Waals surface area contributed by atoms with E-state index in [0.29, 0.717) is 5.82 Å². The van der Waals surface area contributed by atoms with Gasteiger partial charge in [-0.25, -0.2) is 4.98 Å². The zero-order valence-corrected chi connectivity index (χ0v) is 13.8. The van der Waals surface area contributed by atoms with Crippen molar-refractivity contribution >= 4 is 27.7 Å². The molecule has 0 fully saturated rings. The molecular weight excluding hydrogens is 332 g/mol. The highest BCUT2D eigenvalue weighted by molar-refractivity contribution is 9.10. The average molecular weight is 349 g/mol. The number of aryl methyl sites for hydroxylation is 2. The molecule has 0 aliphatic rings. The molecule has 5 heteroatoms. The van der Waals surface area contributed by atoms with Crippen LogP contribution in [0.2, 0.25) is 0 Å². The van der Waals surface area contributed by atoms with Crippen molar-refractivity contribution < 1.29 is 9.53 Å². The lowest BCUT2D eigenvalue weighted by Gasteiger charge is -2.11. The Kier molecular flexibility index (Phi) is 4.96. The van der Waals surface area contributed by atoms with Crippen LogP contribution in [0.15, 0.2) is 34.9 Å². The number of carbonyl (C=O) groups is 1. The number of hydrogen-bond donors (Lipinski definition) is 1. The second kappa shape index (κ2) is 6.72. The van der Waals surface area contributed by atoms with Crippen molar-refractivity contribution in [1.29, 1.82) is 0 Å². The molecule has 0 saturated carbocycles. The van der Waals surface area contributed by atoms with Gasteiger partial charge in [-0.1, -0.05) is 12.1 Å². The minimum absolute atomic E-state index is 0.0406. The molecule has 1 aromatic heterocycles. The third-order valence-corrected chi connectivity index (χ3v) is 4.06. The summed E-state index contributed by atoms with van der Waals surface area (Å²) in [5.74, 6) is 1.01. The van der Waals surface area contributed by atoms with Gasteiger partial charge in [0.05, 0.1) is 0 Å². The third-order valence-electron chi connectivity index (χ3n) is 3.23. The Balaban J connectivity index is 1.96. The second-order valence-corrected chi connectivity index (χ2v) is 5.71. The maximum absolute atomic E-state index is 11.9. The van der Waals surface area contributed by atoms with Gasteiger partial charge in [0, 0.05) is 10.7 Å². The molecule has 0 atom stereocenters. The second-order valence-electron chi connectivity index (χ2n) is 4.85. The van der Waals surface area contributed by atoms with Crippen LogP contribution in [0, 0.1) is 20.8 Å². The molecule has 1 heterocycles. The Morgan fingerprint density at radius 3 is 2.76 bits per heavy atom. The van der Waals surface area contributed by atoms with Crippen LogP contribution in [0.25, 0.3) is 0 Å². The Morgan fingerprint density at radius 1 is 1.29 bits per heavy atom. The fourth-order valence-corrected chi connectivity index (χ4v) is 2.03. The van der Waals surface area contributed by atoms with Crippen LogP contribution in [0.3, 0.4) is 0 Å². The van der Waals surface area contributed by atoms with Gasteiger partial charge >= 0.3 is 0 Å². The highest BCUT2D eigenvalue weighted by atomic mass is 79.9. The predicted octanol–water partition coefficient (Wildman–Crippen LogP) is 3.79. The number of rotatable bonds is 4. The van der Waals surface area contributed by atoms with Crippen molar-refractivity contribution in [3.05, 3.63) is 51.6 Å². The molecule has 2 rings (SSSR count). The molecule has 110 valence electrons. The number of ether oxygens (including phenoxy) is 1. The highest BCUT2D eigenvalue weighted by Gasteiger charge is 2.08. The largest absolute Gasteiger partial charge is 0.483 e. The van der Waals surface area contributed by atoms with E-state index in [4.69, 9.17) is 4.74 Å². The molecule has 0 radical (unpaired) electrons. The molecule has 4 nitrogen and oxygen atoms in total. The predicted molar refractivity (Wildman–Crippen MR) is 86.7 cm³/mol. The molecule has 21 heavy (non-hydrogen) atoms. The van der Waals surface area contributed by atoms with Gasteiger partial charge in [-0.2, -0.15) is 0 Å². The Bertz CT molecular complexity index is 671. The maximum atomic E-state index is 11.9. The van der Waals surface area contributed by atoms with Crippen molar-refractivity contribution in [2.75, 3.05) is 11.9 Å². The minimum Gasteiger partial charge on any atom is -0.483 e. The van der Waals surface area contributed by atoms with E-state index in [1.165, 1.54) is 0 Å². The summed E-state index contributed by atoms with van der Waals surface area (Å²) in [7, 11) is 0. The Morgan fingerprint density at radius 2 is 2.05 bits per heavy atom. The van der Waals surface area contributed by atoms with E-state index in [1.807, 2.05) is 39.0 Å². The summed E-state index contributed by atoms with van der Waals surface area (Å²) in [5, 5.41) is 2.72. The number of benzene rings is 1. The van der Waals surface area contributed by atoms with E-state index in [0.717, 1.165) is 26.9 Å². The fraction of sp³-hybridized carbons (Fsp3) is 0.250. The van der Waals surface area contributed by atoms with Crippen molar-refractivity contribution in [2.45, 2.75) is 20.8 Å². The monoisotopic (exact) mass is 348 g/mol. The molecule has 1 aromatic carbocycles. The summed E-state index contributed by atoms with van der Waals surface area (Å²) in [5.41, 5.74) is 3.19. The zero-order valence-electron chi connectivity index (χ0n) is 12.2. The first-order chi connectivity index (χ1) is 9.97. The van der Waals surface area contributed by atoms with Crippen molar-refractivity contribution in [1.82, 2.24) is 4.98 Å². The number of carbonyl (C=O) groups excluding carboxylic acids is 1. The molecular formula is C16H17BrN2O2. The summed E-state index contributed by atoms with van der Waals surface area (Å²) >= 11 is 3.37. The molecule has 0 unspecified atom stereocenters. The standard InChI is InChI=1S/C16H17BrN2O2/c1-10-5-4-6-14(12(10)3)21-9-16(20)19-15-7-11(2)13(17)8-18-15/h4-8H,9H2,1-3H3,(H,18,19,20). The van der Waals surface area contributed by atoms with Gasteiger partial charge in [-0.05, 0) is 65.5 Å². The average Bonchev–Trinajstić information content (AvgIpc) is 2.44. The number of nitrogens with zero attached hydrogens (tertiary/aromatic N) is 1. The quantitative estimate of drug-likeness (QED) is 0.914. The lowest BCUT2D eigenvalue weighted by atomic mass is 10.1. The zero-order chi connectivity index (χ0) is 15.4. The molecule has 0 aliphatic carbocycles. The molecule has 1 N–H and O–H groups in total. The number of nitrogens with one attached hydrogen (secondary N) is 1. The number of anilines is 1. The van der Waals surface area contributed by atoms with Crippen LogP contribution in [-0.2, 0) is 4.79 Å². The van der Waals surface area contributed by atoms with Crippen molar-refractivity contribution in [3.63, 3.8) is 0 Å². The Hall–Kier alpha value is -1.88. The lowest BCUT2D eigenvalue weighted by molar-refractivity contribution is -0.118. The summed E-state index contributed by atoms with van der Waals surface area (Å²) in [6.07, 6.45) is 1.66. The normalized spacial score (nSPS) is 10.3. The summed E-state index contributed by atoms with van der Waals surface area (Å²) in [6.45, 7) is 5.88. The Labute approximate surface area is 132 Å². The first-order valence-electron chi connectivity index (χ1n) is 6.58. The molecule has 0 bridgehead atoms. The van der Waals surface area contributed by atoms with Gasteiger partial charge in [0.1, 0.15) is 11.6 Å². The van der Waals surface area contributed by atoms with Crippen LogP contribution in [0.4, 0.5) is 5.82 Å². The number of halogens is 1. The molecule has 2 aromatic rings. The number of aromatic nitrogens is 1. The van der Waals surface area contributed by atoms with E-state index in [2.05, 4.69) is 26.2 Å². The minimum atomic E-state index is -0.231. The summed E-state index contributed by atoms with van der Waals surface area (Å²) in [6, 6.07) is 7.59. The molecule has 0 spiro atoms. The van der Waals surface area contributed by atoms with Crippen LogP contribution in [0.5, 0.6) is 5.75 Å². The molecule has 0 aliphatic heterocycles. The van der Waals surface area contributed by atoms with Gasteiger partial charge in [0.15, 0.2) is 6.61 Å². The third kappa shape index (κ3) is 4.04. The van der Waals surface area contributed by atoms with Crippen molar-refractivity contribution in [3.8, 4) is 5.75 Å². The van der Waals surface area contributed by atoms with Crippen LogP contribution >= 0.6 is 15.9 Å². The topological polar surface area (TPSA) is 51.2 Å². The van der Waals surface area contributed by atoms with Crippen LogP contribution in [-0.4, -0.2) is 17.5 Å². The van der Waals surface area contributed by atoms with Gasteiger partial charge in [0.2, 0.25) is 0 Å². The first-order valence-corrected chi connectivity index (χ1v) is 7.37. The fourth-order valence-electron chi connectivity index (χ4n) is 1.81. The number of pyridine rings is 1.